The van der Waals surface area contributed by atoms with E-state index in [1.165, 1.54) is 0 Å². The molecule has 0 saturated heterocycles. The van der Waals surface area contributed by atoms with Crippen molar-refractivity contribution in [1.82, 2.24) is 0 Å². The second kappa shape index (κ2) is 1.76. The molecule has 1 aliphatic rings. The van der Waals surface area contributed by atoms with Crippen molar-refractivity contribution in [3.05, 3.63) is 22.3 Å². The van der Waals surface area contributed by atoms with Crippen LogP contribution in [-0.2, 0) is 0 Å². The lowest BCUT2D eigenvalue weighted by Crippen LogP contribution is -2.05. The van der Waals surface area contributed by atoms with Crippen molar-refractivity contribution in [3.8, 4) is 5.75 Å². The predicted octanol–water partition coefficient (Wildman–Crippen LogP) is 0.638. The average molecular weight is 140 g/mol. The molecule has 0 atom stereocenters. The molecule has 2 heterocycles. The third kappa shape index (κ3) is 0.586. The van der Waals surface area contributed by atoms with E-state index in [0.29, 0.717) is 12.4 Å². The molecule has 0 aromatic carbocycles. The maximum Gasteiger partial charge on any atom is 0.424 e. The quantitative estimate of drug-likeness (QED) is 0.496. The van der Waals surface area contributed by atoms with Crippen LogP contribution in [0.1, 0.15) is 5.76 Å². The van der Waals surface area contributed by atoms with Crippen LogP contribution >= 0.6 is 0 Å². The van der Waals surface area contributed by atoms with E-state index in [1.54, 1.807) is 12.2 Å². The highest BCUT2D eigenvalue weighted by molar-refractivity contribution is 5.51. The third-order valence-corrected chi connectivity index (χ3v) is 1.21. The number of rotatable bonds is 0. The van der Waals surface area contributed by atoms with Crippen LogP contribution in [0.2, 0.25) is 0 Å². The zero-order valence-electron chi connectivity index (χ0n) is 4.99. The molecule has 2 rings (SSSR count). The van der Waals surface area contributed by atoms with Gasteiger partial charge in [0.05, 0.1) is 0 Å². The summed E-state index contributed by atoms with van der Waals surface area (Å²) in [5.41, 5.74) is -0.556. The molecule has 10 heavy (non-hydrogen) atoms. The standard InChI is InChI=1S/C6H4O4/c7-6-5-4(9-10-6)2-1-3-8-5/h1-2H,3H2. The molecule has 1 aromatic heterocycles. The van der Waals surface area contributed by atoms with Gasteiger partial charge in [0.15, 0.2) is 0 Å². The van der Waals surface area contributed by atoms with Gasteiger partial charge >= 0.3 is 5.63 Å². The summed E-state index contributed by atoms with van der Waals surface area (Å²) in [5.74, 6) is 0.527. The van der Waals surface area contributed by atoms with Gasteiger partial charge in [0.25, 0.3) is 5.75 Å². The lowest BCUT2D eigenvalue weighted by molar-refractivity contribution is 0.0464. The number of fused-ring (bicyclic) bond motifs is 1. The molecule has 0 aliphatic carbocycles. The van der Waals surface area contributed by atoms with Crippen molar-refractivity contribution in [2.45, 2.75) is 0 Å². The van der Waals surface area contributed by atoms with Crippen molar-refractivity contribution in [1.29, 1.82) is 0 Å². The lowest BCUT2D eigenvalue weighted by Gasteiger charge is -2.00. The van der Waals surface area contributed by atoms with Crippen LogP contribution in [-0.4, -0.2) is 6.61 Å². The fourth-order valence-electron chi connectivity index (χ4n) is 0.779. The van der Waals surface area contributed by atoms with Gasteiger partial charge in [-0.1, -0.05) is 0 Å². The Bertz CT molecular complexity index is 317. The fraction of sp³-hybridized carbons (Fsp3) is 0.167. The minimum Gasteiger partial charge on any atom is -0.479 e. The van der Waals surface area contributed by atoms with Crippen LogP contribution in [0.15, 0.2) is 20.0 Å². The van der Waals surface area contributed by atoms with E-state index >= 15 is 0 Å². The van der Waals surface area contributed by atoms with Gasteiger partial charge in [0, 0.05) is 0 Å². The highest BCUT2D eigenvalue weighted by Crippen LogP contribution is 2.18. The minimum atomic E-state index is -0.556. The molecule has 1 aliphatic heterocycles. The third-order valence-electron chi connectivity index (χ3n) is 1.21. The first-order valence-corrected chi connectivity index (χ1v) is 2.80. The highest BCUT2D eigenvalue weighted by atomic mass is 17.0. The molecule has 0 amide bonds. The summed E-state index contributed by atoms with van der Waals surface area (Å²) >= 11 is 0. The van der Waals surface area contributed by atoms with Gasteiger partial charge in [-0.15, -0.1) is 0 Å². The smallest absolute Gasteiger partial charge is 0.424 e. The molecule has 1 aromatic rings. The molecule has 4 heteroatoms. The Morgan fingerprint density at radius 3 is 3.10 bits per heavy atom. The summed E-state index contributed by atoms with van der Waals surface area (Å²) in [6, 6.07) is 0. The Kier molecular flexibility index (Phi) is 0.943. The Morgan fingerprint density at radius 1 is 1.40 bits per heavy atom. The van der Waals surface area contributed by atoms with Gasteiger partial charge in [-0.3, -0.25) is 4.58 Å². The summed E-state index contributed by atoms with van der Waals surface area (Å²) in [4.78, 5) is 10.6. The van der Waals surface area contributed by atoms with E-state index in [1.807, 2.05) is 0 Å². The zero-order valence-corrected chi connectivity index (χ0v) is 4.99. The van der Waals surface area contributed by atoms with Crippen molar-refractivity contribution < 1.29 is 13.9 Å². The van der Waals surface area contributed by atoms with E-state index in [-0.39, 0.29) is 5.75 Å². The molecule has 0 unspecified atom stereocenters. The first-order valence-electron chi connectivity index (χ1n) is 2.80. The van der Waals surface area contributed by atoms with E-state index in [4.69, 9.17) is 4.74 Å². The topological polar surface area (TPSA) is 52.6 Å². The first kappa shape index (κ1) is 5.34. The minimum absolute atomic E-state index is 0.169. The second-order valence-electron chi connectivity index (χ2n) is 1.86. The molecular formula is C6H4O4. The van der Waals surface area contributed by atoms with Crippen LogP contribution in [0.5, 0.6) is 5.75 Å². The molecule has 52 valence electrons. The van der Waals surface area contributed by atoms with Crippen molar-refractivity contribution in [2.75, 3.05) is 6.61 Å². The van der Waals surface area contributed by atoms with Crippen molar-refractivity contribution in [2.24, 2.45) is 0 Å². The van der Waals surface area contributed by atoms with Gasteiger partial charge in [0.2, 0.25) is 5.76 Å². The van der Waals surface area contributed by atoms with Crippen LogP contribution in [0, 0.1) is 0 Å². The monoisotopic (exact) mass is 140 g/mol. The Balaban J connectivity index is 2.68. The molecule has 0 spiro atoms. The number of ether oxygens (including phenoxy) is 1. The second-order valence-corrected chi connectivity index (χ2v) is 1.86. The summed E-state index contributed by atoms with van der Waals surface area (Å²) in [7, 11) is 0. The largest absolute Gasteiger partial charge is 0.479 e. The number of hydrogen-bond donors (Lipinski definition) is 0. The van der Waals surface area contributed by atoms with E-state index in [2.05, 4.69) is 9.15 Å². The summed E-state index contributed by atoms with van der Waals surface area (Å²) in [6.45, 7) is 0.400. The van der Waals surface area contributed by atoms with Gasteiger partial charge in [0.1, 0.15) is 6.61 Å². The van der Waals surface area contributed by atoms with E-state index in [9.17, 15) is 4.79 Å². The van der Waals surface area contributed by atoms with Crippen LogP contribution in [0.4, 0.5) is 0 Å². The first-order chi connectivity index (χ1) is 4.88. The fourth-order valence-corrected chi connectivity index (χ4v) is 0.779. The van der Waals surface area contributed by atoms with Gasteiger partial charge in [-0.25, -0.2) is 9.37 Å². The molecule has 0 bridgehead atoms. The van der Waals surface area contributed by atoms with Crippen LogP contribution in [0.3, 0.4) is 0 Å². The Labute approximate surface area is 55.6 Å². The van der Waals surface area contributed by atoms with Crippen LogP contribution < -0.4 is 10.4 Å². The average Bonchev–Trinajstić information content (AvgIpc) is 2.34. The molecular weight excluding hydrogens is 136 g/mol. The lowest BCUT2D eigenvalue weighted by atomic mass is 10.3. The highest BCUT2D eigenvalue weighted by Gasteiger charge is 2.16. The maximum atomic E-state index is 10.6. The molecule has 0 N–H and O–H groups in total. The number of hydrogen-bond acceptors (Lipinski definition) is 4. The van der Waals surface area contributed by atoms with Gasteiger partial charge in [-0.2, -0.15) is 0 Å². The molecule has 4 nitrogen and oxygen atoms in total. The van der Waals surface area contributed by atoms with Crippen molar-refractivity contribution >= 4 is 6.08 Å². The predicted molar refractivity (Wildman–Crippen MR) is 31.8 cm³/mol. The normalized spacial score (nSPS) is 14.4. The SMILES string of the molecule is O=c1ooc2c1OCC=C2. The maximum absolute atomic E-state index is 10.6. The van der Waals surface area contributed by atoms with Gasteiger partial charge in [-0.05, 0) is 12.2 Å². The molecule has 0 fully saturated rings. The van der Waals surface area contributed by atoms with Gasteiger partial charge < -0.3 is 4.74 Å². The molecule has 0 saturated carbocycles. The summed E-state index contributed by atoms with van der Waals surface area (Å²) in [6.07, 6.45) is 3.38. The van der Waals surface area contributed by atoms with E-state index < -0.39 is 5.63 Å². The summed E-state index contributed by atoms with van der Waals surface area (Å²) < 4.78 is 13.6. The van der Waals surface area contributed by atoms with Crippen LogP contribution in [0.25, 0.3) is 6.08 Å². The van der Waals surface area contributed by atoms with Crippen molar-refractivity contribution in [3.63, 3.8) is 0 Å². The Morgan fingerprint density at radius 2 is 2.30 bits per heavy atom. The van der Waals surface area contributed by atoms with E-state index in [0.717, 1.165) is 0 Å². The zero-order chi connectivity index (χ0) is 6.97. The Hall–Kier alpha value is -1.45. The summed E-state index contributed by atoms with van der Waals surface area (Å²) in [5, 5.41) is 0. The molecule has 0 radical (unpaired) electrons.